The van der Waals surface area contributed by atoms with Crippen molar-refractivity contribution in [3.05, 3.63) is 0 Å². The number of likely N-dealkylation sites (N-methyl/N-ethyl adjacent to an activating group) is 1. The molecular formula is C8H14N2O2. The first kappa shape index (κ1) is 10.9. The molecule has 0 rings (SSSR count). The number of rotatable bonds is 4. The molecule has 0 aliphatic heterocycles. The van der Waals surface area contributed by atoms with Crippen LogP contribution in [-0.4, -0.2) is 35.1 Å². The van der Waals surface area contributed by atoms with Crippen LogP contribution in [0.5, 0.6) is 0 Å². The molecule has 0 heterocycles. The van der Waals surface area contributed by atoms with Crippen LogP contribution in [0.25, 0.3) is 0 Å². The second-order valence-electron chi connectivity index (χ2n) is 2.73. The molecule has 0 radical (unpaired) electrons. The van der Waals surface area contributed by atoms with E-state index < -0.39 is 12.0 Å². The summed E-state index contributed by atoms with van der Waals surface area (Å²) >= 11 is 0. The first-order valence-corrected chi connectivity index (χ1v) is 3.89. The summed E-state index contributed by atoms with van der Waals surface area (Å²) in [4.78, 5) is 12.1. The number of nitriles is 1. The zero-order valence-electron chi connectivity index (χ0n) is 7.61. The van der Waals surface area contributed by atoms with Gasteiger partial charge in [-0.3, -0.25) is 9.69 Å². The van der Waals surface area contributed by atoms with Gasteiger partial charge in [-0.1, -0.05) is 6.92 Å². The van der Waals surface area contributed by atoms with Gasteiger partial charge in [-0.25, -0.2) is 0 Å². The molecule has 2 unspecified atom stereocenters. The molecule has 0 amide bonds. The Kier molecular flexibility index (Phi) is 4.30. The molecule has 0 aromatic carbocycles. The van der Waals surface area contributed by atoms with Crippen LogP contribution in [0, 0.1) is 11.3 Å². The molecule has 0 aliphatic carbocycles. The Morgan fingerprint density at radius 3 is 2.50 bits per heavy atom. The van der Waals surface area contributed by atoms with E-state index in [0.717, 1.165) is 0 Å². The summed E-state index contributed by atoms with van der Waals surface area (Å²) in [5.74, 6) is -0.897. The zero-order valence-corrected chi connectivity index (χ0v) is 7.61. The van der Waals surface area contributed by atoms with Gasteiger partial charge in [0.15, 0.2) is 0 Å². The third-order valence-electron chi connectivity index (χ3n) is 2.00. The van der Waals surface area contributed by atoms with Crippen molar-refractivity contribution in [2.75, 3.05) is 7.05 Å². The fourth-order valence-electron chi connectivity index (χ4n) is 0.914. The smallest absolute Gasteiger partial charge is 0.320 e. The number of hydrogen-bond donors (Lipinski definition) is 1. The minimum atomic E-state index is -0.897. The summed E-state index contributed by atoms with van der Waals surface area (Å²) in [6.45, 7) is 3.43. The molecule has 1 N–H and O–H groups in total. The molecule has 0 aliphatic rings. The minimum Gasteiger partial charge on any atom is -0.480 e. The molecule has 0 aromatic heterocycles. The number of carboxylic acid groups (broad SMARTS) is 1. The van der Waals surface area contributed by atoms with Crippen LogP contribution in [0.1, 0.15) is 20.3 Å². The molecule has 4 heteroatoms. The van der Waals surface area contributed by atoms with E-state index in [2.05, 4.69) is 0 Å². The maximum Gasteiger partial charge on any atom is 0.320 e. The predicted molar refractivity (Wildman–Crippen MR) is 44.6 cm³/mol. The average Bonchev–Trinajstić information content (AvgIpc) is 2.05. The molecule has 0 aromatic rings. The molecule has 68 valence electrons. The monoisotopic (exact) mass is 170 g/mol. The van der Waals surface area contributed by atoms with E-state index >= 15 is 0 Å². The van der Waals surface area contributed by atoms with Crippen LogP contribution in [-0.2, 0) is 4.79 Å². The SMILES string of the molecule is CCC(C#N)N(C)C(C)C(=O)O. The van der Waals surface area contributed by atoms with Crippen LogP contribution < -0.4 is 0 Å². The number of nitrogens with zero attached hydrogens (tertiary/aromatic N) is 2. The summed E-state index contributed by atoms with van der Waals surface area (Å²) in [6.07, 6.45) is 0.643. The van der Waals surface area contributed by atoms with Crippen molar-refractivity contribution in [2.24, 2.45) is 0 Å². The highest BCUT2D eigenvalue weighted by Crippen LogP contribution is 2.05. The van der Waals surface area contributed by atoms with Gasteiger partial charge in [0, 0.05) is 0 Å². The first-order valence-electron chi connectivity index (χ1n) is 3.89. The predicted octanol–water partition coefficient (Wildman–Crippen LogP) is 0.693. The van der Waals surface area contributed by atoms with Gasteiger partial charge >= 0.3 is 5.97 Å². The van der Waals surface area contributed by atoms with E-state index in [-0.39, 0.29) is 6.04 Å². The van der Waals surface area contributed by atoms with Gasteiger partial charge in [0.2, 0.25) is 0 Å². The fourth-order valence-corrected chi connectivity index (χ4v) is 0.914. The van der Waals surface area contributed by atoms with Crippen LogP contribution in [0.3, 0.4) is 0 Å². The van der Waals surface area contributed by atoms with Gasteiger partial charge in [-0.2, -0.15) is 5.26 Å². The topological polar surface area (TPSA) is 64.3 Å². The van der Waals surface area contributed by atoms with Crippen LogP contribution in [0.4, 0.5) is 0 Å². The van der Waals surface area contributed by atoms with Crippen molar-refractivity contribution in [1.29, 1.82) is 5.26 Å². The summed E-state index contributed by atoms with van der Waals surface area (Å²) in [6, 6.07) is 1.14. The lowest BCUT2D eigenvalue weighted by Gasteiger charge is -2.24. The Morgan fingerprint density at radius 2 is 2.25 bits per heavy atom. The second-order valence-corrected chi connectivity index (χ2v) is 2.73. The third-order valence-corrected chi connectivity index (χ3v) is 2.00. The quantitative estimate of drug-likeness (QED) is 0.674. The first-order chi connectivity index (χ1) is 5.54. The molecule has 0 spiro atoms. The van der Waals surface area contributed by atoms with Crippen molar-refractivity contribution < 1.29 is 9.90 Å². The zero-order chi connectivity index (χ0) is 9.72. The molecule has 0 saturated heterocycles. The standard InChI is InChI=1S/C8H14N2O2/c1-4-7(5-9)10(3)6(2)8(11)12/h6-7H,4H2,1-3H3,(H,11,12). The molecule has 0 fully saturated rings. The van der Waals surface area contributed by atoms with Gasteiger partial charge in [-0.05, 0) is 20.4 Å². The Bertz CT molecular complexity index is 198. The van der Waals surface area contributed by atoms with Gasteiger partial charge in [0.1, 0.15) is 6.04 Å². The summed E-state index contributed by atoms with van der Waals surface area (Å²) in [5, 5.41) is 17.3. The van der Waals surface area contributed by atoms with Crippen LogP contribution in [0.15, 0.2) is 0 Å². The Labute approximate surface area is 72.4 Å². The minimum absolute atomic E-state index is 0.309. The van der Waals surface area contributed by atoms with Crippen LogP contribution >= 0.6 is 0 Å². The van der Waals surface area contributed by atoms with Gasteiger partial charge in [0.05, 0.1) is 12.1 Å². The molecule has 12 heavy (non-hydrogen) atoms. The molecule has 2 atom stereocenters. The number of carboxylic acids is 1. The maximum atomic E-state index is 10.5. The van der Waals surface area contributed by atoms with E-state index in [9.17, 15) is 4.79 Å². The van der Waals surface area contributed by atoms with E-state index in [1.165, 1.54) is 0 Å². The van der Waals surface area contributed by atoms with Crippen molar-refractivity contribution in [1.82, 2.24) is 4.90 Å². The summed E-state index contributed by atoms with van der Waals surface area (Å²) < 4.78 is 0. The molecule has 4 nitrogen and oxygen atoms in total. The van der Waals surface area contributed by atoms with Gasteiger partial charge in [-0.15, -0.1) is 0 Å². The van der Waals surface area contributed by atoms with Gasteiger partial charge in [0.25, 0.3) is 0 Å². The molecule has 0 bridgehead atoms. The summed E-state index contributed by atoms with van der Waals surface area (Å²) in [7, 11) is 1.65. The van der Waals surface area contributed by atoms with Crippen LogP contribution in [0.2, 0.25) is 0 Å². The largest absolute Gasteiger partial charge is 0.480 e. The van der Waals surface area contributed by atoms with Gasteiger partial charge < -0.3 is 5.11 Å². The lowest BCUT2D eigenvalue weighted by molar-refractivity contribution is -0.142. The molecule has 0 saturated carbocycles. The number of carbonyl (C=O) groups is 1. The van der Waals surface area contributed by atoms with Crippen molar-refractivity contribution >= 4 is 5.97 Å². The maximum absolute atomic E-state index is 10.5. The van der Waals surface area contributed by atoms with Crippen molar-refractivity contribution in [3.63, 3.8) is 0 Å². The fraction of sp³-hybridized carbons (Fsp3) is 0.750. The molecular weight excluding hydrogens is 156 g/mol. The Hall–Kier alpha value is -1.08. The van der Waals surface area contributed by atoms with E-state index in [1.807, 2.05) is 13.0 Å². The third kappa shape index (κ3) is 2.51. The van der Waals surface area contributed by atoms with Crippen molar-refractivity contribution in [3.8, 4) is 6.07 Å². The highest BCUT2D eigenvalue weighted by molar-refractivity contribution is 5.72. The number of aliphatic carboxylic acids is 1. The Morgan fingerprint density at radius 1 is 1.75 bits per heavy atom. The summed E-state index contributed by atoms with van der Waals surface area (Å²) in [5.41, 5.74) is 0. The highest BCUT2D eigenvalue weighted by atomic mass is 16.4. The van der Waals surface area contributed by atoms with E-state index in [1.54, 1.807) is 18.9 Å². The normalized spacial score (nSPS) is 15.2. The highest BCUT2D eigenvalue weighted by Gasteiger charge is 2.22. The lowest BCUT2D eigenvalue weighted by Crippen LogP contribution is -2.42. The Balaban J connectivity index is 4.27. The lowest BCUT2D eigenvalue weighted by atomic mass is 10.2. The number of hydrogen-bond acceptors (Lipinski definition) is 3. The van der Waals surface area contributed by atoms with E-state index in [0.29, 0.717) is 6.42 Å². The van der Waals surface area contributed by atoms with Crippen molar-refractivity contribution in [2.45, 2.75) is 32.4 Å². The average molecular weight is 170 g/mol. The second kappa shape index (κ2) is 4.73. The van der Waals surface area contributed by atoms with E-state index in [4.69, 9.17) is 10.4 Å².